The van der Waals surface area contributed by atoms with E-state index in [1.54, 1.807) is 18.1 Å². The average molecular weight is 571 g/mol. The summed E-state index contributed by atoms with van der Waals surface area (Å²) in [5.41, 5.74) is 4.06. The molecule has 0 spiro atoms. The number of hydrogen-bond acceptors (Lipinski definition) is 3. The van der Waals surface area contributed by atoms with Crippen molar-refractivity contribution in [3.05, 3.63) is 131 Å². The van der Waals surface area contributed by atoms with Crippen LogP contribution in [0.5, 0.6) is 11.5 Å². The van der Waals surface area contributed by atoms with Crippen molar-refractivity contribution in [3.8, 4) is 11.5 Å². The molecule has 0 radical (unpaired) electrons. The number of nitrogens with zero attached hydrogens (tertiary/aromatic N) is 1. The number of nitrogens with one attached hydrogen (secondary N) is 1. The molecule has 214 valence electrons. The zero-order valence-electron chi connectivity index (χ0n) is 22.9. The lowest BCUT2D eigenvalue weighted by Crippen LogP contribution is -2.41. The molecular weight excluding hydrogens is 541 g/mol. The fraction of sp³-hybridized carbons (Fsp3) is 0.206. The van der Waals surface area contributed by atoms with E-state index >= 15 is 0 Å². The Kier molecular flexibility index (Phi) is 7.37. The molecule has 1 aromatic heterocycles. The molecule has 0 fully saturated rings. The monoisotopic (exact) mass is 570 g/mol. The molecule has 1 aliphatic heterocycles. The van der Waals surface area contributed by atoms with E-state index in [9.17, 15) is 18.0 Å². The van der Waals surface area contributed by atoms with Crippen LogP contribution in [0, 0.1) is 0 Å². The Morgan fingerprint density at radius 1 is 0.905 bits per heavy atom. The van der Waals surface area contributed by atoms with Gasteiger partial charge in [0.15, 0.2) is 0 Å². The molecule has 2 heterocycles. The van der Waals surface area contributed by atoms with Gasteiger partial charge in [0.25, 0.3) is 0 Å². The van der Waals surface area contributed by atoms with Gasteiger partial charge in [-0.2, -0.15) is 13.2 Å². The van der Waals surface area contributed by atoms with Crippen molar-refractivity contribution >= 4 is 16.8 Å². The lowest BCUT2D eigenvalue weighted by molar-refractivity contribution is -0.137. The van der Waals surface area contributed by atoms with Crippen LogP contribution >= 0.6 is 0 Å². The standard InChI is InChI=1S/C34H29F3N2O3/c1-41-27-14-15-30-29(20-27)28-16-17-39(33(32(28)38-30)24-8-5-9-25(19-24)34(35,36)37)31(40)18-22-10-12-26(13-11-22)42-21-23-6-3-2-4-7-23/h2-15,19-20,33,38H,16-18,21H2,1H3. The molecule has 5 nitrogen and oxygen atoms in total. The van der Waals surface area contributed by atoms with E-state index in [1.807, 2.05) is 72.8 Å². The fourth-order valence-corrected chi connectivity index (χ4v) is 5.62. The number of aromatic nitrogens is 1. The van der Waals surface area contributed by atoms with Crippen molar-refractivity contribution in [2.24, 2.45) is 0 Å². The van der Waals surface area contributed by atoms with Gasteiger partial charge in [0.2, 0.25) is 5.91 Å². The zero-order valence-corrected chi connectivity index (χ0v) is 22.9. The second kappa shape index (κ2) is 11.3. The molecule has 1 aliphatic rings. The molecule has 0 saturated carbocycles. The predicted molar refractivity (Wildman–Crippen MR) is 154 cm³/mol. The number of alkyl halides is 3. The number of carbonyl (C=O) groups excluding carboxylic acids is 1. The second-order valence-corrected chi connectivity index (χ2v) is 10.4. The number of hydrogen-bond donors (Lipinski definition) is 1. The molecule has 1 unspecified atom stereocenters. The summed E-state index contributed by atoms with van der Waals surface area (Å²) in [6.45, 7) is 0.805. The van der Waals surface area contributed by atoms with Crippen molar-refractivity contribution in [1.29, 1.82) is 0 Å². The van der Waals surface area contributed by atoms with Gasteiger partial charge in [-0.3, -0.25) is 4.79 Å². The van der Waals surface area contributed by atoms with Crippen LogP contribution in [0.3, 0.4) is 0 Å². The van der Waals surface area contributed by atoms with Gasteiger partial charge in [-0.25, -0.2) is 0 Å². The lowest BCUT2D eigenvalue weighted by Gasteiger charge is -2.36. The summed E-state index contributed by atoms with van der Waals surface area (Å²) < 4.78 is 52.4. The van der Waals surface area contributed by atoms with Crippen molar-refractivity contribution in [2.75, 3.05) is 13.7 Å². The van der Waals surface area contributed by atoms with E-state index < -0.39 is 17.8 Å². The Morgan fingerprint density at radius 3 is 2.40 bits per heavy atom. The Morgan fingerprint density at radius 2 is 1.67 bits per heavy atom. The van der Waals surface area contributed by atoms with E-state index in [-0.39, 0.29) is 12.3 Å². The number of H-pyrrole nitrogens is 1. The predicted octanol–water partition coefficient (Wildman–Crippen LogP) is 7.49. The van der Waals surface area contributed by atoms with Crippen LogP contribution in [0.2, 0.25) is 0 Å². The quantitative estimate of drug-likeness (QED) is 0.221. The smallest absolute Gasteiger partial charge is 0.416 e. The fourth-order valence-electron chi connectivity index (χ4n) is 5.62. The van der Waals surface area contributed by atoms with Gasteiger partial charge in [-0.15, -0.1) is 0 Å². The first kappa shape index (κ1) is 27.4. The Labute approximate surface area is 241 Å². The Hall–Kier alpha value is -4.72. The van der Waals surface area contributed by atoms with E-state index in [0.717, 1.165) is 45.4 Å². The number of amides is 1. The summed E-state index contributed by atoms with van der Waals surface area (Å²) in [6, 6.07) is 27.4. The van der Waals surface area contributed by atoms with Crippen molar-refractivity contribution in [2.45, 2.75) is 31.7 Å². The molecule has 0 aliphatic carbocycles. The SMILES string of the molecule is COc1ccc2[nH]c3c(c2c1)CCN(C(=O)Cc1ccc(OCc2ccccc2)cc1)C3c1cccc(C(F)(F)F)c1. The Bertz CT molecular complexity index is 1710. The summed E-state index contributed by atoms with van der Waals surface area (Å²) in [6.07, 6.45) is -3.83. The third kappa shape index (κ3) is 5.57. The van der Waals surface area contributed by atoms with Crippen LogP contribution in [0.1, 0.15) is 39.6 Å². The largest absolute Gasteiger partial charge is 0.497 e. The van der Waals surface area contributed by atoms with Crippen LogP contribution < -0.4 is 9.47 Å². The highest BCUT2D eigenvalue weighted by Crippen LogP contribution is 2.41. The summed E-state index contributed by atoms with van der Waals surface area (Å²) in [5, 5.41) is 0.944. The number of fused-ring (bicyclic) bond motifs is 3. The molecule has 42 heavy (non-hydrogen) atoms. The van der Waals surface area contributed by atoms with Gasteiger partial charge < -0.3 is 19.4 Å². The number of aromatic amines is 1. The highest BCUT2D eigenvalue weighted by Gasteiger charge is 2.37. The maximum atomic E-state index is 13.8. The third-order valence-corrected chi connectivity index (χ3v) is 7.71. The van der Waals surface area contributed by atoms with Crippen LogP contribution in [-0.4, -0.2) is 29.4 Å². The number of carbonyl (C=O) groups is 1. The molecule has 8 heteroatoms. The highest BCUT2D eigenvalue weighted by molar-refractivity contribution is 5.88. The molecule has 4 aromatic carbocycles. The van der Waals surface area contributed by atoms with Gasteiger partial charge in [0.05, 0.1) is 25.1 Å². The normalized spacial score (nSPS) is 15.0. The Balaban J connectivity index is 1.29. The van der Waals surface area contributed by atoms with E-state index in [1.165, 1.54) is 6.07 Å². The van der Waals surface area contributed by atoms with E-state index in [2.05, 4.69) is 4.98 Å². The molecular formula is C34H29F3N2O3. The van der Waals surface area contributed by atoms with Gasteiger partial charge in [0, 0.05) is 23.1 Å². The number of methoxy groups -OCH3 is 1. The number of halogens is 3. The molecule has 1 atom stereocenters. The van der Waals surface area contributed by atoms with Crippen LogP contribution in [-0.2, 0) is 30.4 Å². The molecule has 0 bridgehead atoms. The lowest BCUT2D eigenvalue weighted by atomic mass is 9.91. The van der Waals surface area contributed by atoms with Crippen LogP contribution in [0.25, 0.3) is 10.9 Å². The average Bonchev–Trinajstić information content (AvgIpc) is 3.38. The van der Waals surface area contributed by atoms with Gasteiger partial charge >= 0.3 is 6.18 Å². The van der Waals surface area contributed by atoms with E-state index in [0.29, 0.717) is 36.6 Å². The summed E-state index contributed by atoms with van der Waals surface area (Å²) in [5.74, 6) is 1.21. The van der Waals surface area contributed by atoms with Crippen LogP contribution in [0.15, 0.2) is 97.1 Å². The van der Waals surface area contributed by atoms with E-state index in [4.69, 9.17) is 9.47 Å². The summed E-state index contributed by atoms with van der Waals surface area (Å²) in [7, 11) is 1.59. The third-order valence-electron chi connectivity index (χ3n) is 7.71. The first-order chi connectivity index (χ1) is 20.3. The molecule has 0 saturated heterocycles. The highest BCUT2D eigenvalue weighted by atomic mass is 19.4. The van der Waals surface area contributed by atoms with Gasteiger partial charge in [0.1, 0.15) is 18.1 Å². The summed E-state index contributed by atoms with van der Waals surface area (Å²) in [4.78, 5) is 18.9. The maximum Gasteiger partial charge on any atom is 0.416 e. The summed E-state index contributed by atoms with van der Waals surface area (Å²) >= 11 is 0. The number of benzene rings is 4. The van der Waals surface area contributed by atoms with Gasteiger partial charge in [-0.1, -0.05) is 54.6 Å². The first-order valence-corrected chi connectivity index (χ1v) is 13.7. The molecule has 1 amide bonds. The first-order valence-electron chi connectivity index (χ1n) is 13.7. The van der Waals surface area contributed by atoms with Crippen molar-refractivity contribution in [3.63, 3.8) is 0 Å². The van der Waals surface area contributed by atoms with Crippen molar-refractivity contribution < 1.29 is 27.4 Å². The van der Waals surface area contributed by atoms with Crippen LogP contribution in [0.4, 0.5) is 13.2 Å². The number of ether oxygens (including phenoxy) is 2. The maximum absolute atomic E-state index is 13.8. The molecule has 6 rings (SSSR count). The zero-order chi connectivity index (χ0) is 29.3. The minimum Gasteiger partial charge on any atom is -0.497 e. The van der Waals surface area contributed by atoms with Crippen molar-refractivity contribution in [1.82, 2.24) is 9.88 Å². The minimum absolute atomic E-state index is 0.109. The minimum atomic E-state index is -4.50. The topological polar surface area (TPSA) is 54.6 Å². The molecule has 5 aromatic rings. The number of rotatable bonds is 7. The van der Waals surface area contributed by atoms with Gasteiger partial charge in [-0.05, 0) is 71.1 Å². The second-order valence-electron chi connectivity index (χ2n) is 10.4. The molecule has 1 N–H and O–H groups in total.